The maximum absolute atomic E-state index is 14.3. The maximum atomic E-state index is 14.3. The number of carbonyl (C=O) groups is 3. The number of carbonyl (C=O) groups excluding carboxylic acids is 3. The Morgan fingerprint density at radius 2 is 1.76 bits per heavy atom. The lowest BCUT2D eigenvalue weighted by molar-refractivity contribution is -0.155. The summed E-state index contributed by atoms with van der Waals surface area (Å²) in [4.78, 5) is 45.5. The number of nitrogens with zero attached hydrogens (tertiary/aromatic N) is 2. The molecule has 2 amide bonds. The fourth-order valence-corrected chi connectivity index (χ4v) is 7.14. The third kappa shape index (κ3) is 4.99. The van der Waals surface area contributed by atoms with Crippen LogP contribution in [-0.2, 0) is 23.9 Å². The van der Waals surface area contributed by atoms with Crippen LogP contribution in [-0.4, -0.2) is 82.8 Å². The summed E-state index contributed by atoms with van der Waals surface area (Å²) in [5.41, 5.74) is -1.17. The molecule has 204 valence electrons. The van der Waals surface area contributed by atoms with Crippen molar-refractivity contribution in [1.29, 1.82) is 0 Å². The van der Waals surface area contributed by atoms with Crippen molar-refractivity contribution >= 4 is 17.8 Å². The number of hydrogen-bond acceptors (Lipinski definition) is 6. The van der Waals surface area contributed by atoms with Gasteiger partial charge in [0.2, 0.25) is 11.8 Å². The molecule has 0 aromatic rings. The number of allylic oxidation sites excluding steroid dienone is 1. The molecule has 1 N–H and O–H groups in total. The number of rotatable bonds is 7. The Labute approximate surface area is 220 Å². The topological polar surface area (TPSA) is 96.4 Å². The van der Waals surface area contributed by atoms with Gasteiger partial charge in [0.15, 0.2) is 0 Å². The minimum Gasteiger partial charge on any atom is -0.465 e. The predicted octanol–water partition coefficient (Wildman–Crippen LogP) is 3.13. The fourth-order valence-electron chi connectivity index (χ4n) is 7.14. The van der Waals surface area contributed by atoms with Crippen LogP contribution in [0.25, 0.3) is 0 Å². The van der Waals surface area contributed by atoms with Crippen molar-refractivity contribution in [3.05, 3.63) is 24.3 Å². The van der Waals surface area contributed by atoms with Gasteiger partial charge < -0.3 is 24.4 Å². The molecule has 8 heteroatoms. The van der Waals surface area contributed by atoms with E-state index in [-0.39, 0.29) is 24.5 Å². The minimum atomic E-state index is -1.17. The second-order valence-corrected chi connectivity index (χ2v) is 11.3. The molecule has 5 aliphatic rings. The van der Waals surface area contributed by atoms with Crippen LogP contribution in [0.3, 0.4) is 0 Å². The zero-order valence-electron chi connectivity index (χ0n) is 21.9. The zero-order chi connectivity index (χ0) is 25.8. The number of likely N-dealkylation sites (tertiary alicyclic amines) is 1. The van der Waals surface area contributed by atoms with E-state index in [1.807, 2.05) is 29.2 Å². The molecule has 1 aliphatic carbocycles. The molecule has 0 aromatic carbocycles. The Morgan fingerprint density at radius 3 is 2.57 bits per heavy atom. The fraction of sp³-hybridized carbons (Fsp3) is 0.759. The van der Waals surface area contributed by atoms with Gasteiger partial charge in [-0.15, -0.1) is 0 Å². The summed E-state index contributed by atoms with van der Waals surface area (Å²) in [6.07, 6.45) is 18.5. The second kappa shape index (κ2) is 11.7. The minimum absolute atomic E-state index is 0.0517. The van der Waals surface area contributed by atoms with Crippen LogP contribution in [0.15, 0.2) is 24.3 Å². The first kappa shape index (κ1) is 26.4. The Balaban J connectivity index is 1.49. The summed E-state index contributed by atoms with van der Waals surface area (Å²) < 4.78 is 12.3. The van der Waals surface area contributed by atoms with Gasteiger partial charge in [-0.2, -0.15) is 0 Å². The first-order valence-corrected chi connectivity index (χ1v) is 14.5. The summed E-state index contributed by atoms with van der Waals surface area (Å²) in [6, 6.07) is -0.601. The van der Waals surface area contributed by atoms with Crippen molar-refractivity contribution in [3.63, 3.8) is 0 Å². The predicted molar refractivity (Wildman–Crippen MR) is 137 cm³/mol. The molecule has 0 aromatic heterocycles. The lowest BCUT2D eigenvalue weighted by atomic mass is 9.77. The quantitative estimate of drug-likeness (QED) is 0.319. The monoisotopic (exact) mass is 514 g/mol. The van der Waals surface area contributed by atoms with Gasteiger partial charge in [0, 0.05) is 25.7 Å². The average molecular weight is 515 g/mol. The van der Waals surface area contributed by atoms with Gasteiger partial charge in [0.05, 0.1) is 18.6 Å². The van der Waals surface area contributed by atoms with Crippen molar-refractivity contribution in [2.45, 2.75) is 101 Å². The zero-order valence-corrected chi connectivity index (χ0v) is 21.9. The first-order valence-electron chi connectivity index (χ1n) is 14.5. The van der Waals surface area contributed by atoms with Gasteiger partial charge in [0.25, 0.3) is 0 Å². The largest absolute Gasteiger partial charge is 0.465 e. The Morgan fingerprint density at radius 1 is 0.946 bits per heavy atom. The molecule has 0 radical (unpaired) electrons. The normalized spacial score (nSPS) is 35.5. The molecule has 5 atom stereocenters. The highest BCUT2D eigenvalue weighted by atomic mass is 16.6. The summed E-state index contributed by atoms with van der Waals surface area (Å²) in [7, 11) is 0. The highest BCUT2D eigenvalue weighted by molar-refractivity contribution is 5.99. The van der Waals surface area contributed by atoms with Crippen LogP contribution < -0.4 is 0 Å². The van der Waals surface area contributed by atoms with Crippen molar-refractivity contribution in [1.82, 2.24) is 9.80 Å². The Kier molecular flexibility index (Phi) is 8.34. The number of hydrogen-bond donors (Lipinski definition) is 1. The molecule has 2 saturated heterocycles. The number of aliphatic hydroxyl groups excluding tert-OH is 1. The molecule has 37 heavy (non-hydrogen) atoms. The van der Waals surface area contributed by atoms with Crippen LogP contribution in [0, 0.1) is 11.8 Å². The summed E-state index contributed by atoms with van der Waals surface area (Å²) in [6.45, 7) is 1.44. The smallest absolute Gasteiger partial charge is 0.312 e. The molecule has 8 nitrogen and oxygen atoms in total. The molecule has 4 heterocycles. The first-order chi connectivity index (χ1) is 18.1. The van der Waals surface area contributed by atoms with E-state index >= 15 is 0 Å². The number of cyclic esters (lactones) is 1. The van der Waals surface area contributed by atoms with E-state index in [9.17, 15) is 14.4 Å². The van der Waals surface area contributed by atoms with E-state index in [4.69, 9.17) is 14.6 Å². The van der Waals surface area contributed by atoms with Crippen molar-refractivity contribution in [2.24, 2.45) is 11.8 Å². The van der Waals surface area contributed by atoms with E-state index in [0.29, 0.717) is 19.7 Å². The van der Waals surface area contributed by atoms with Crippen LogP contribution in [0.4, 0.5) is 0 Å². The number of aliphatic hydroxyl groups is 1. The lowest BCUT2D eigenvalue weighted by Gasteiger charge is -2.39. The SMILES string of the molecule is O=C1OCCCC/C=C\[C@@H]2O[C@]34C=CCN(C5CCCCC5)C(=O)C3N(CCCCCCO)C(=O)[C@@H]4[C@H]12. The third-order valence-electron chi connectivity index (χ3n) is 8.95. The Hall–Kier alpha value is -2.19. The van der Waals surface area contributed by atoms with Crippen LogP contribution in [0.2, 0.25) is 0 Å². The molecule has 1 spiro atoms. The summed E-state index contributed by atoms with van der Waals surface area (Å²) >= 11 is 0. The summed E-state index contributed by atoms with van der Waals surface area (Å²) in [5, 5.41) is 9.13. The van der Waals surface area contributed by atoms with Gasteiger partial charge in [-0.1, -0.05) is 56.4 Å². The molecule has 4 aliphatic heterocycles. The van der Waals surface area contributed by atoms with E-state index in [2.05, 4.69) is 0 Å². The van der Waals surface area contributed by atoms with Crippen LogP contribution >= 0.6 is 0 Å². The van der Waals surface area contributed by atoms with E-state index in [1.54, 1.807) is 4.90 Å². The number of ether oxygens (including phenoxy) is 2. The van der Waals surface area contributed by atoms with Gasteiger partial charge in [-0.05, 0) is 44.9 Å². The molecular weight excluding hydrogens is 472 g/mol. The number of esters is 1. The molecule has 3 fully saturated rings. The summed E-state index contributed by atoms with van der Waals surface area (Å²) in [5.74, 6) is -2.16. The standard InChI is InChI=1S/C29H42N2O6/c32-19-10-3-2-9-17-31-25-27(34)30(21-13-6-5-7-14-21)18-12-16-29(25)24(26(31)33)23-22(37-29)15-8-1-4-11-20-36-28(23)35/h8,12,15-16,21-25,32H,1-7,9-11,13-14,17-20H2/b15-8-/t22-,23+,24-,25?,29-/m0/s1. The maximum Gasteiger partial charge on any atom is 0.312 e. The third-order valence-corrected chi connectivity index (χ3v) is 8.95. The highest BCUT2D eigenvalue weighted by Gasteiger charge is 2.71. The molecule has 5 rings (SSSR count). The lowest BCUT2D eigenvalue weighted by Crippen LogP contribution is -2.57. The van der Waals surface area contributed by atoms with E-state index in [1.165, 1.54) is 6.42 Å². The highest BCUT2D eigenvalue weighted by Crippen LogP contribution is 2.53. The second-order valence-electron chi connectivity index (χ2n) is 11.3. The Bertz CT molecular complexity index is 912. The molecule has 0 bridgehead atoms. The number of fused-ring (bicyclic) bond motifs is 2. The number of unbranched alkanes of at least 4 members (excludes halogenated alkanes) is 3. The van der Waals surface area contributed by atoms with Gasteiger partial charge in [0.1, 0.15) is 17.6 Å². The van der Waals surface area contributed by atoms with Gasteiger partial charge in [-0.25, -0.2) is 0 Å². The number of amides is 2. The van der Waals surface area contributed by atoms with Gasteiger partial charge in [-0.3, -0.25) is 14.4 Å². The molecule has 1 saturated carbocycles. The average Bonchev–Trinajstić information content (AvgIpc) is 3.29. The molecule has 1 unspecified atom stereocenters. The van der Waals surface area contributed by atoms with Crippen LogP contribution in [0.1, 0.15) is 77.0 Å². The van der Waals surface area contributed by atoms with Gasteiger partial charge >= 0.3 is 5.97 Å². The van der Waals surface area contributed by atoms with E-state index < -0.39 is 35.6 Å². The van der Waals surface area contributed by atoms with E-state index in [0.717, 1.165) is 70.6 Å². The van der Waals surface area contributed by atoms with Crippen molar-refractivity contribution < 1.29 is 29.0 Å². The molecular formula is C29H42N2O6. The van der Waals surface area contributed by atoms with Crippen LogP contribution in [0.5, 0.6) is 0 Å². The van der Waals surface area contributed by atoms with Crippen molar-refractivity contribution in [2.75, 3.05) is 26.3 Å². The van der Waals surface area contributed by atoms with Crippen molar-refractivity contribution in [3.8, 4) is 0 Å².